The minimum Gasteiger partial charge on any atom is -0.497 e. The van der Waals surface area contributed by atoms with E-state index in [-0.39, 0.29) is 18.7 Å². The Hall–Kier alpha value is -2.73. The van der Waals surface area contributed by atoms with E-state index >= 15 is 0 Å². The Kier molecular flexibility index (Phi) is 3.12. The number of nitrogens with two attached hydrogens (primary N) is 1. The second-order valence-corrected chi connectivity index (χ2v) is 5.49. The third kappa shape index (κ3) is 2.10. The number of carbonyl (C=O) groups is 1. The zero-order valence-electron chi connectivity index (χ0n) is 12.6. The Labute approximate surface area is 133 Å². The van der Waals surface area contributed by atoms with Crippen molar-refractivity contribution < 1.29 is 19.0 Å². The second-order valence-electron chi connectivity index (χ2n) is 5.49. The van der Waals surface area contributed by atoms with Gasteiger partial charge in [0.15, 0.2) is 11.5 Å². The molecule has 2 aliphatic heterocycles. The molecule has 0 aliphatic carbocycles. The van der Waals surface area contributed by atoms with E-state index in [9.17, 15) is 4.79 Å². The molecule has 23 heavy (non-hydrogen) atoms. The lowest BCUT2D eigenvalue weighted by molar-refractivity contribution is -0.126. The van der Waals surface area contributed by atoms with Crippen LogP contribution < -0.4 is 24.8 Å². The van der Waals surface area contributed by atoms with Crippen LogP contribution in [0.25, 0.3) is 0 Å². The third-order valence-corrected chi connectivity index (χ3v) is 4.21. The van der Waals surface area contributed by atoms with Crippen LogP contribution in [0.4, 0.5) is 5.69 Å². The van der Waals surface area contributed by atoms with E-state index in [0.29, 0.717) is 11.5 Å². The molecule has 0 spiro atoms. The molecule has 2 atom stereocenters. The van der Waals surface area contributed by atoms with Gasteiger partial charge in [0.05, 0.1) is 13.2 Å². The quantitative estimate of drug-likeness (QED) is 0.875. The first-order valence-corrected chi connectivity index (χ1v) is 7.31. The topological polar surface area (TPSA) is 74.0 Å². The van der Waals surface area contributed by atoms with Crippen LogP contribution in [0.3, 0.4) is 0 Å². The number of amides is 1. The van der Waals surface area contributed by atoms with E-state index in [0.717, 1.165) is 17.0 Å². The number of benzene rings is 2. The van der Waals surface area contributed by atoms with Crippen LogP contribution in [0.5, 0.6) is 17.2 Å². The molecule has 0 unspecified atom stereocenters. The molecule has 1 amide bonds. The smallest absolute Gasteiger partial charge is 0.247 e. The summed E-state index contributed by atoms with van der Waals surface area (Å²) in [5.74, 6) is 1.94. The number of methoxy groups -OCH3 is 1. The monoisotopic (exact) mass is 312 g/mol. The molecule has 0 aromatic heterocycles. The van der Waals surface area contributed by atoms with Gasteiger partial charge in [0.25, 0.3) is 0 Å². The predicted molar refractivity (Wildman–Crippen MR) is 83.8 cm³/mol. The van der Waals surface area contributed by atoms with Crippen LogP contribution in [0, 0.1) is 0 Å². The summed E-state index contributed by atoms with van der Waals surface area (Å²) in [5.41, 5.74) is 7.73. The lowest BCUT2D eigenvalue weighted by Gasteiger charge is -2.45. The van der Waals surface area contributed by atoms with Gasteiger partial charge >= 0.3 is 0 Å². The number of nitrogens with zero attached hydrogens (tertiary/aromatic N) is 1. The summed E-state index contributed by atoms with van der Waals surface area (Å²) < 4.78 is 15.9. The number of ether oxygens (including phenoxy) is 3. The number of anilines is 1. The van der Waals surface area contributed by atoms with Gasteiger partial charge in [-0.1, -0.05) is 12.1 Å². The van der Waals surface area contributed by atoms with Gasteiger partial charge in [0.2, 0.25) is 12.7 Å². The fourth-order valence-electron chi connectivity index (χ4n) is 3.02. The standard InChI is InChI=1S/C17H16N2O4/c1-21-12-4-2-3-10(7-12)16-15(18)17(20)19(16)11-5-6-13-14(8-11)23-9-22-13/h2-8,15-16H,9,18H2,1H3/t15-,16-/m0/s1. The van der Waals surface area contributed by atoms with Crippen LogP contribution in [0.15, 0.2) is 42.5 Å². The Morgan fingerprint density at radius 2 is 2.00 bits per heavy atom. The molecule has 6 nitrogen and oxygen atoms in total. The van der Waals surface area contributed by atoms with E-state index in [1.807, 2.05) is 30.3 Å². The van der Waals surface area contributed by atoms with E-state index in [2.05, 4.69) is 0 Å². The molecule has 0 radical (unpaired) electrons. The normalized spacial score (nSPS) is 22.0. The molecule has 2 heterocycles. The minimum absolute atomic E-state index is 0.114. The summed E-state index contributed by atoms with van der Waals surface area (Å²) in [6.07, 6.45) is 0. The van der Waals surface area contributed by atoms with Gasteiger partial charge in [-0.3, -0.25) is 4.79 Å². The van der Waals surface area contributed by atoms with Crippen molar-refractivity contribution in [2.45, 2.75) is 12.1 Å². The lowest BCUT2D eigenvalue weighted by Crippen LogP contribution is -2.63. The average Bonchev–Trinajstić information content (AvgIpc) is 3.06. The number of β-lactam (4-membered cyclic amide) rings is 1. The van der Waals surface area contributed by atoms with Gasteiger partial charge in [0.1, 0.15) is 11.8 Å². The largest absolute Gasteiger partial charge is 0.497 e. The molecular weight excluding hydrogens is 296 g/mol. The summed E-state index contributed by atoms with van der Waals surface area (Å²) in [4.78, 5) is 14.0. The fraction of sp³-hybridized carbons (Fsp3) is 0.235. The van der Waals surface area contributed by atoms with Gasteiger partial charge in [-0.2, -0.15) is 0 Å². The van der Waals surface area contributed by atoms with Gasteiger partial charge in [-0.25, -0.2) is 0 Å². The van der Waals surface area contributed by atoms with Gasteiger partial charge in [-0.15, -0.1) is 0 Å². The molecule has 2 aliphatic rings. The van der Waals surface area contributed by atoms with Crippen molar-refractivity contribution in [2.75, 3.05) is 18.8 Å². The van der Waals surface area contributed by atoms with E-state index in [1.165, 1.54) is 0 Å². The first-order valence-electron chi connectivity index (χ1n) is 7.31. The van der Waals surface area contributed by atoms with Crippen LogP contribution in [0.1, 0.15) is 11.6 Å². The molecule has 1 fully saturated rings. The van der Waals surface area contributed by atoms with Crippen molar-refractivity contribution in [1.29, 1.82) is 0 Å². The zero-order valence-corrected chi connectivity index (χ0v) is 12.6. The van der Waals surface area contributed by atoms with E-state index in [1.54, 1.807) is 24.1 Å². The Balaban J connectivity index is 1.70. The summed E-state index contributed by atoms with van der Waals surface area (Å²) in [6, 6.07) is 12.3. The maximum absolute atomic E-state index is 12.3. The van der Waals surface area contributed by atoms with E-state index in [4.69, 9.17) is 19.9 Å². The zero-order chi connectivity index (χ0) is 16.0. The van der Waals surface area contributed by atoms with Crippen molar-refractivity contribution >= 4 is 11.6 Å². The summed E-state index contributed by atoms with van der Waals surface area (Å²) >= 11 is 0. The van der Waals surface area contributed by atoms with Crippen molar-refractivity contribution in [1.82, 2.24) is 0 Å². The van der Waals surface area contributed by atoms with Crippen molar-refractivity contribution in [3.8, 4) is 17.2 Å². The summed E-state index contributed by atoms with van der Waals surface area (Å²) in [7, 11) is 1.61. The maximum Gasteiger partial charge on any atom is 0.247 e. The average molecular weight is 312 g/mol. The molecule has 4 rings (SSSR count). The van der Waals surface area contributed by atoms with Gasteiger partial charge in [0, 0.05) is 11.8 Å². The van der Waals surface area contributed by atoms with Gasteiger partial charge in [-0.05, 0) is 29.8 Å². The minimum atomic E-state index is -0.562. The molecule has 1 saturated heterocycles. The third-order valence-electron chi connectivity index (χ3n) is 4.21. The van der Waals surface area contributed by atoms with Crippen molar-refractivity contribution in [3.05, 3.63) is 48.0 Å². The molecule has 2 aromatic rings. The number of carbonyl (C=O) groups excluding carboxylic acids is 1. The Morgan fingerprint density at radius 1 is 1.17 bits per heavy atom. The number of fused-ring (bicyclic) bond motifs is 1. The first-order chi connectivity index (χ1) is 11.2. The summed E-state index contributed by atoms with van der Waals surface area (Å²) in [6.45, 7) is 0.200. The highest BCUT2D eigenvalue weighted by molar-refractivity contribution is 6.05. The highest BCUT2D eigenvalue weighted by Gasteiger charge is 2.47. The molecule has 6 heteroatoms. The molecule has 0 bridgehead atoms. The molecule has 0 saturated carbocycles. The second kappa shape index (κ2) is 5.17. The Bertz CT molecular complexity index is 777. The van der Waals surface area contributed by atoms with Crippen molar-refractivity contribution in [2.24, 2.45) is 5.73 Å². The SMILES string of the molecule is COc1cccc([C@H]2[C@H](N)C(=O)N2c2ccc3c(c2)OCO3)c1. The van der Waals surface area contributed by atoms with Crippen LogP contribution in [0.2, 0.25) is 0 Å². The lowest BCUT2D eigenvalue weighted by atomic mass is 9.88. The molecule has 118 valence electrons. The molecule has 2 N–H and O–H groups in total. The first kappa shape index (κ1) is 13.9. The maximum atomic E-state index is 12.3. The predicted octanol–water partition coefficient (Wildman–Crippen LogP) is 1.84. The fourth-order valence-corrected chi connectivity index (χ4v) is 3.02. The molecular formula is C17H16N2O4. The van der Waals surface area contributed by atoms with Gasteiger partial charge < -0.3 is 24.8 Å². The number of hydrogen-bond acceptors (Lipinski definition) is 5. The van der Waals surface area contributed by atoms with E-state index < -0.39 is 6.04 Å². The highest BCUT2D eigenvalue weighted by atomic mass is 16.7. The molecule has 2 aromatic carbocycles. The summed E-state index contributed by atoms with van der Waals surface area (Å²) in [5, 5.41) is 0. The van der Waals surface area contributed by atoms with Crippen LogP contribution in [-0.4, -0.2) is 25.9 Å². The van der Waals surface area contributed by atoms with Crippen molar-refractivity contribution in [3.63, 3.8) is 0 Å². The van der Waals surface area contributed by atoms with Crippen LogP contribution >= 0.6 is 0 Å². The number of rotatable bonds is 3. The number of hydrogen-bond donors (Lipinski definition) is 1. The Morgan fingerprint density at radius 3 is 2.83 bits per heavy atom. The highest BCUT2D eigenvalue weighted by Crippen LogP contribution is 2.43. The van der Waals surface area contributed by atoms with Crippen LogP contribution in [-0.2, 0) is 4.79 Å².